The van der Waals surface area contributed by atoms with Crippen LogP contribution in [0.25, 0.3) is 0 Å². The molecule has 0 saturated carbocycles. The smallest absolute Gasteiger partial charge is 0.0579 e. The van der Waals surface area contributed by atoms with Crippen LogP contribution in [0.3, 0.4) is 0 Å². The van der Waals surface area contributed by atoms with E-state index in [1.807, 2.05) is 37.4 Å². The second-order valence-electron chi connectivity index (χ2n) is 1.62. The molecule has 1 aromatic carbocycles. The van der Waals surface area contributed by atoms with Crippen LogP contribution in [0.15, 0.2) is 30.3 Å². The molecule has 0 heterocycles. The molecular weight excluding hydrogens is 150 g/mol. The fourth-order valence-electron chi connectivity index (χ4n) is 0.605. The van der Waals surface area contributed by atoms with Gasteiger partial charge in [-0.25, -0.2) is 0 Å². The van der Waals surface area contributed by atoms with Crippen LogP contribution in [-0.4, -0.2) is 11.7 Å². The molecule has 0 unspecified atom stereocenters. The average molecular weight is 160 g/mol. The normalized spacial score (nSPS) is 7.50. The first-order valence-corrected chi connectivity index (χ1v) is 3.17. The molecule has 1 rings (SSSR count). The molecule has 2 N–H and O–H groups in total. The Hall–Kier alpha value is -0.730. The van der Waals surface area contributed by atoms with Crippen molar-refractivity contribution >= 4 is 17.6 Å². The minimum Gasteiger partial charge on any atom is -0.388 e. The Morgan fingerprint density at radius 1 is 1.20 bits per heavy atom. The molecule has 56 valence electrons. The van der Waals surface area contributed by atoms with Crippen LogP contribution >= 0.6 is 11.9 Å². The zero-order chi connectivity index (χ0) is 7.82. The van der Waals surface area contributed by atoms with Crippen LogP contribution in [0.1, 0.15) is 0 Å². The largest absolute Gasteiger partial charge is 0.388 e. The van der Waals surface area contributed by atoms with Crippen molar-refractivity contribution < 1.29 is 4.66 Å². The zero-order valence-corrected chi connectivity index (χ0v) is 6.47. The van der Waals surface area contributed by atoms with Crippen molar-refractivity contribution in [2.75, 3.05) is 12.4 Å². The van der Waals surface area contributed by atoms with E-state index in [1.165, 1.54) is 0 Å². The van der Waals surface area contributed by atoms with Crippen LogP contribution < -0.4 is 5.32 Å². The molecule has 10 heavy (non-hydrogen) atoms. The van der Waals surface area contributed by atoms with Crippen LogP contribution in [0.2, 0.25) is 0 Å². The monoisotopic (exact) mass is 159 g/mol. The molecule has 0 atom stereocenters. The third-order valence-electron chi connectivity index (χ3n) is 1.06. The summed E-state index contributed by atoms with van der Waals surface area (Å²) in [6.07, 6.45) is 0. The molecule has 0 aliphatic rings. The first kappa shape index (κ1) is 9.27. The van der Waals surface area contributed by atoms with Gasteiger partial charge in [0.1, 0.15) is 0 Å². The predicted octanol–water partition coefficient (Wildman–Crippen LogP) is 1.86. The Morgan fingerprint density at radius 2 is 1.70 bits per heavy atom. The minimum atomic E-state index is 1.16. The molecule has 0 aliphatic heterocycles. The van der Waals surface area contributed by atoms with Gasteiger partial charge in [0.05, 0.1) is 11.9 Å². The van der Waals surface area contributed by atoms with Crippen LogP contribution in [0.4, 0.5) is 5.69 Å². The maximum Gasteiger partial charge on any atom is 0.0579 e. The highest BCUT2D eigenvalue weighted by molar-refractivity contribution is 6.04. The van der Waals surface area contributed by atoms with E-state index in [2.05, 4.69) is 17.2 Å². The van der Waals surface area contributed by atoms with Gasteiger partial charge in [-0.2, -0.15) is 0 Å². The third-order valence-corrected chi connectivity index (χ3v) is 1.06. The molecule has 0 spiro atoms. The van der Waals surface area contributed by atoms with Crippen molar-refractivity contribution in [3.63, 3.8) is 0 Å². The Labute approximate surface area is 65.6 Å². The number of anilines is 1. The average Bonchev–Trinajstić information content (AvgIpc) is 2.10. The molecule has 0 amide bonds. The maximum absolute atomic E-state index is 6.47. The lowest BCUT2D eigenvalue weighted by atomic mass is 10.3. The highest BCUT2D eigenvalue weighted by Gasteiger charge is 1.77. The summed E-state index contributed by atoms with van der Waals surface area (Å²) in [5.74, 6) is 0. The van der Waals surface area contributed by atoms with Gasteiger partial charge in [-0.1, -0.05) is 18.2 Å². The van der Waals surface area contributed by atoms with Crippen molar-refractivity contribution in [1.82, 2.24) is 0 Å². The first-order chi connectivity index (χ1) is 4.93. The Kier molecular flexibility index (Phi) is 5.92. The van der Waals surface area contributed by atoms with Crippen molar-refractivity contribution in [3.8, 4) is 0 Å². The van der Waals surface area contributed by atoms with E-state index in [0.717, 1.165) is 5.69 Å². The van der Waals surface area contributed by atoms with Crippen molar-refractivity contribution in [2.45, 2.75) is 0 Å². The molecule has 0 aromatic heterocycles. The van der Waals surface area contributed by atoms with Crippen molar-refractivity contribution in [3.05, 3.63) is 30.3 Å². The molecular formula is C7H10ClNO. The predicted molar refractivity (Wildman–Crippen MR) is 44.1 cm³/mol. The number of nitrogens with one attached hydrogen (secondary N) is 1. The summed E-state index contributed by atoms with van der Waals surface area (Å²) in [7, 11) is 1.91. The lowest BCUT2D eigenvalue weighted by Gasteiger charge is -1.94. The fourth-order valence-corrected chi connectivity index (χ4v) is 0.605. The van der Waals surface area contributed by atoms with E-state index in [0.29, 0.717) is 0 Å². The molecule has 1 aromatic rings. The second-order valence-corrected chi connectivity index (χ2v) is 1.62. The van der Waals surface area contributed by atoms with Gasteiger partial charge in [-0.05, 0) is 12.1 Å². The van der Waals surface area contributed by atoms with Gasteiger partial charge in [0.2, 0.25) is 0 Å². The molecule has 0 aliphatic carbocycles. The highest BCUT2D eigenvalue weighted by atomic mass is 35.5. The summed E-state index contributed by atoms with van der Waals surface area (Å²) < 4.78 is 6.47. The van der Waals surface area contributed by atoms with Gasteiger partial charge in [0.15, 0.2) is 0 Å². The number of hydrogen-bond acceptors (Lipinski definition) is 2. The minimum absolute atomic E-state index is 1.16. The second kappa shape index (κ2) is 6.39. The Bertz CT molecular complexity index is 155. The maximum atomic E-state index is 6.47. The van der Waals surface area contributed by atoms with E-state index < -0.39 is 0 Å². The molecule has 0 radical (unpaired) electrons. The summed E-state index contributed by atoms with van der Waals surface area (Å²) in [6, 6.07) is 10.1. The van der Waals surface area contributed by atoms with Gasteiger partial charge < -0.3 is 5.32 Å². The summed E-state index contributed by atoms with van der Waals surface area (Å²) >= 11 is 3.64. The molecule has 0 saturated heterocycles. The topological polar surface area (TPSA) is 32.3 Å². The van der Waals surface area contributed by atoms with Gasteiger partial charge in [-0.3, -0.25) is 4.66 Å². The highest BCUT2D eigenvalue weighted by Crippen LogP contribution is 2.01. The number of benzene rings is 1. The number of halogens is 1. The summed E-state index contributed by atoms with van der Waals surface area (Å²) in [5.41, 5.74) is 1.16. The number of para-hydroxylation sites is 1. The SMILES string of the molecule is CNc1ccccc1.OCl. The van der Waals surface area contributed by atoms with Crippen LogP contribution in [0, 0.1) is 0 Å². The lowest BCUT2D eigenvalue weighted by Crippen LogP contribution is -1.84. The Morgan fingerprint density at radius 3 is 2.00 bits per heavy atom. The first-order valence-electron chi connectivity index (χ1n) is 2.83. The van der Waals surface area contributed by atoms with E-state index in [9.17, 15) is 0 Å². The number of hydrogen-bond donors (Lipinski definition) is 2. The molecule has 0 bridgehead atoms. The fraction of sp³-hybridized carbons (Fsp3) is 0.143. The van der Waals surface area contributed by atoms with Gasteiger partial charge in [-0.15, -0.1) is 0 Å². The molecule has 0 fully saturated rings. The third kappa shape index (κ3) is 3.33. The van der Waals surface area contributed by atoms with Gasteiger partial charge in [0, 0.05) is 12.7 Å². The zero-order valence-electron chi connectivity index (χ0n) is 5.71. The molecule has 3 heteroatoms. The van der Waals surface area contributed by atoms with Crippen LogP contribution in [-0.2, 0) is 0 Å². The number of rotatable bonds is 1. The van der Waals surface area contributed by atoms with E-state index >= 15 is 0 Å². The van der Waals surface area contributed by atoms with E-state index in [4.69, 9.17) is 4.66 Å². The van der Waals surface area contributed by atoms with Crippen molar-refractivity contribution in [1.29, 1.82) is 0 Å². The van der Waals surface area contributed by atoms with Crippen LogP contribution in [0.5, 0.6) is 0 Å². The summed E-state index contributed by atoms with van der Waals surface area (Å²) in [4.78, 5) is 0. The lowest BCUT2D eigenvalue weighted by molar-refractivity contribution is 0.632. The van der Waals surface area contributed by atoms with Gasteiger partial charge in [0.25, 0.3) is 0 Å². The Balaban J connectivity index is 0.000000371. The quantitative estimate of drug-likeness (QED) is 0.656. The summed E-state index contributed by atoms with van der Waals surface area (Å²) in [5, 5.41) is 3.03. The van der Waals surface area contributed by atoms with Crippen molar-refractivity contribution in [2.24, 2.45) is 0 Å². The van der Waals surface area contributed by atoms with E-state index in [1.54, 1.807) is 0 Å². The van der Waals surface area contributed by atoms with E-state index in [-0.39, 0.29) is 0 Å². The summed E-state index contributed by atoms with van der Waals surface area (Å²) in [6.45, 7) is 0. The standard InChI is InChI=1S/C7H9N.ClHO/c1-8-7-5-3-2-4-6-7;1-2/h2-6,8H,1H3;2H. The molecule has 2 nitrogen and oxygen atoms in total. The van der Waals surface area contributed by atoms with Gasteiger partial charge >= 0.3 is 0 Å².